The van der Waals surface area contributed by atoms with Crippen molar-refractivity contribution < 1.29 is 33.4 Å². The van der Waals surface area contributed by atoms with Crippen molar-refractivity contribution in [2.75, 3.05) is 25.6 Å². The van der Waals surface area contributed by atoms with Gasteiger partial charge in [0.05, 0.1) is 26.3 Å². The molecule has 3 aromatic carbocycles. The second kappa shape index (κ2) is 13.2. The predicted molar refractivity (Wildman–Crippen MR) is 164 cm³/mol. The van der Waals surface area contributed by atoms with Gasteiger partial charge in [0.25, 0.3) is 11.8 Å². The number of carbonyl (C=O) groups excluding carboxylic acids is 2. The van der Waals surface area contributed by atoms with E-state index >= 15 is 0 Å². The molecule has 1 aliphatic rings. The van der Waals surface area contributed by atoms with Crippen LogP contribution in [0.4, 0.5) is 15.8 Å². The Balaban J connectivity index is 1.54. The number of aromatic carboxylic acids is 1. The number of hydrogen-bond acceptors (Lipinski definition) is 7. The number of likely N-dealkylation sites (N-methyl/N-ethyl adjacent to an activating group) is 1. The zero-order valence-corrected chi connectivity index (χ0v) is 25.2. The van der Waals surface area contributed by atoms with Gasteiger partial charge in [0.2, 0.25) is 0 Å². The number of nitrogens with one attached hydrogen (secondary N) is 1. The minimum Gasteiger partial charge on any atom is -0.490 e. The summed E-state index contributed by atoms with van der Waals surface area (Å²) in [5.74, 6) is -1.35. The summed E-state index contributed by atoms with van der Waals surface area (Å²) in [4.78, 5) is 43.3. The number of carboxylic acids is 1. The third-order valence-corrected chi connectivity index (χ3v) is 7.72. The van der Waals surface area contributed by atoms with Crippen molar-refractivity contribution in [3.63, 3.8) is 0 Å². The first-order valence-corrected chi connectivity index (χ1v) is 14.2. The first kappa shape index (κ1) is 30.1. The first-order valence-electron chi connectivity index (χ1n) is 12.3. The van der Waals surface area contributed by atoms with Crippen LogP contribution in [0.1, 0.15) is 28.4 Å². The van der Waals surface area contributed by atoms with Crippen LogP contribution in [0.3, 0.4) is 0 Å². The predicted octanol–water partition coefficient (Wildman–Crippen LogP) is 6.09. The molecule has 2 amide bonds. The normalized spacial score (nSPS) is 15.0. The summed E-state index contributed by atoms with van der Waals surface area (Å²) in [5.41, 5.74) is 2.23. The van der Waals surface area contributed by atoms with Crippen molar-refractivity contribution in [3.8, 4) is 11.5 Å². The summed E-state index contributed by atoms with van der Waals surface area (Å²) in [7, 11) is 1.61. The smallest absolute Gasteiger partial charge is 0.336 e. The molecule has 12 heteroatoms. The van der Waals surface area contributed by atoms with E-state index in [1.54, 1.807) is 44.3 Å². The number of amides is 2. The van der Waals surface area contributed by atoms with Crippen molar-refractivity contribution >= 4 is 74.8 Å². The first-order chi connectivity index (χ1) is 19.6. The summed E-state index contributed by atoms with van der Waals surface area (Å²) in [6.07, 6.45) is 1.71. The van der Waals surface area contributed by atoms with E-state index in [-0.39, 0.29) is 18.1 Å². The number of hydrogen-bond donors (Lipinski definition) is 2. The fraction of sp³-hybridized carbons (Fsp3) is 0.172. The molecule has 0 aliphatic carbocycles. The summed E-state index contributed by atoms with van der Waals surface area (Å²) < 4.78 is 25.3. The lowest BCUT2D eigenvalue weighted by Crippen LogP contribution is -2.23. The van der Waals surface area contributed by atoms with Crippen LogP contribution in [0.5, 0.6) is 11.5 Å². The number of carboxylic acid groups (broad SMARTS) is 1. The highest BCUT2D eigenvalue weighted by Crippen LogP contribution is 2.38. The summed E-state index contributed by atoms with van der Waals surface area (Å²) in [5, 5.41) is 12.5. The zero-order chi connectivity index (χ0) is 29.7. The Kier molecular flexibility index (Phi) is 9.65. The molecule has 41 heavy (non-hydrogen) atoms. The number of nitrogens with zero attached hydrogens (tertiary/aromatic N) is 2. The molecule has 212 valence electrons. The summed E-state index contributed by atoms with van der Waals surface area (Å²) in [6.45, 7) is 3.54. The molecule has 0 spiro atoms. The Hall–Kier alpha value is -3.91. The van der Waals surface area contributed by atoms with E-state index in [1.165, 1.54) is 47.0 Å². The molecular weight excluding hydrogens is 664 g/mol. The lowest BCUT2D eigenvalue weighted by molar-refractivity contribution is -0.121. The third kappa shape index (κ3) is 7.24. The van der Waals surface area contributed by atoms with Gasteiger partial charge in [-0.1, -0.05) is 6.07 Å². The van der Waals surface area contributed by atoms with Gasteiger partial charge >= 0.3 is 5.97 Å². The molecule has 9 nitrogen and oxygen atoms in total. The molecule has 0 bridgehead atoms. The van der Waals surface area contributed by atoms with Crippen LogP contribution in [-0.4, -0.2) is 53.2 Å². The average Bonchev–Trinajstić information content (AvgIpc) is 3.18. The van der Waals surface area contributed by atoms with Crippen LogP contribution in [0.25, 0.3) is 6.08 Å². The van der Waals surface area contributed by atoms with Crippen molar-refractivity contribution in [1.82, 2.24) is 4.90 Å². The number of anilines is 1. The standard InChI is InChI=1S/C29H25FIN3O6S/c1-4-39-23-13-17(12-21(31)26(23)40-15-25(35)32-19-10-8-18(30)9-11-19)14-24-27(36)34(3)29(41-24)33-22-7-5-6-20(16(22)2)28(37)38/h5-14H,4,15H2,1-3H3,(H,32,35)(H,37,38)/b24-14-,33-29?. The maximum absolute atomic E-state index is 13.1. The largest absolute Gasteiger partial charge is 0.490 e. The molecule has 1 saturated heterocycles. The van der Waals surface area contributed by atoms with E-state index in [1.807, 2.05) is 6.92 Å². The number of amidine groups is 1. The fourth-order valence-electron chi connectivity index (χ4n) is 3.82. The monoisotopic (exact) mass is 689 g/mol. The lowest BCUT2D eigenvalue weighted by atomic mass is 10.1. The van der Waals surface area contributed by atoms with Crippen LogP contribution in [-0.2, 0) is 9.59 Å². The maximum atomic E-state index is 13.1. The molecule has 1 heterocycles. The maximum Gasteiger partial charge on any atom is 0.336 e. The third-order valence-electron chi connectivity index (χ3n) is 5.86. The van der Waals surface area contributed by atoms with Crippen LogP contribution in [0, 0.1) is 16.3 Å². The van der Waals surface area contributed by atoms with Crippen molar-refractivity contribution in [3.05, 3.63) is 85.6 Å². The van der Waals surface area contributed by atoms with Crippen molar-refractivity contribution in [2.24, 2.45) is 4.99 Å². The van der Waals surface area contributed by atoms with Crippen molar-refractivity contribution in [1.29, 1.82) is 0 Å². The van der Waals surface area contributed by atoms with E-state index in [9.17, 15) is 23.9 Å². The molecule has 3 aromatic rings. The van der Waals surface area contributed by atoms with Gasteiger partial charge in [0.15, 0.2) is 23.3 Å². The van der Waals surface area contributed by atoms with E-state index in [4.69, 9.17) is 9.47 Å². The molecule has 0 radical (unpaired) electrons. The number of thioether (sulfide) groups is 1. The summed E-state index contributed by atoms with van der Waals surface area (Å²) in [6, 6.07) is 13.7. The van der Waals surface area contributed by atoms with E-state index in [0.717, 1.165) is 0 Å². The highest BCUT2D eigenvalue weighted by molar-refractivity contribution is 14.1. The Morgan fingerprint density at radius 3 is 2.59 bits per heavy atom. The highest BCUT2D eigenvalue weighted by Gasteiger charge is 2.31. The molecule has 1 fully saturated rings. The van der Waals surface area contributed by atoms with Gasteiger partial charge in [0.1, 0.15) is 5.82 Å². The van der Waals surface area contributed by atoms with Crippen LogP contribution in [0.2, 0.25) is 0 Å². The molecule has 4 rings (SSSR count). The molecule has 0 atom stereocenters. The van der Waals surface area contributed by atoms with Crippen LogP contribution >= 0.6 is 34.4 Å². The second-order valence-electron chi connectivity index (χ2n) is 8.73. The lowest BCUT2D eigenvalue weighted by Gasteiger charge is -2.15. The topological polar surface area (TPSA) is 118 Å². The van der Waals surface area contributed by atoms with E-state index in [0.29, 0.717) is 54.3 Å². The van der Waals surface area contributed by atoms with Crippen molar-refractivity contribution in [2.45, 2.75) is 13.8 Å². The van der Waals surface area contributed by atoms with Crippen LogP contribution in [0.15, 0.2) is 64.5 Å². The number of ether oxygens (including phenoxy) is 2. The molecular formula is C29H25FIN3O6S. The fourth-order valence-corrected chi connectivity index (χ4v) is 5.59. The Labute approximate surface area is 253 Å². The second-order valence-corrected chi connectivity index (χ2v) is 10.9. The highest BCUT2D eigenvalue weighted by atomic mass is 127. The minimum atomic E-state index is -1.05. The number of benzene rings is 3. The van der Waals surface area contributed by atoms with Gasteiger partial charge in [-0.05, 0) is 114 Å². The Bertz CT molecular complexity index is 1580. The van der Waals surface area contributed by atoms with Crippen LogP contribution < -0.4 is 14.8 Å². The Morgan fingerprint density at radius 1 is 1.17 bits per heavy atom. The van der Waals surface area contributed by atoms with Gasteiger partial charge < -0.3 is 19.9 Å². The van der Waals surface area contributed by atoms with E-state index in [2.05, 4.69) is 32.9 Å². The number of rotatable bonds is 9. The molecule has 2 N–H and O–H groups in total. The SMILES string of the molecule is CCOc1cc(/C=C2\SC(=Nc3cccc(C(=O)O)c3C)N(C)C2=O)cc(I)c1OCC(=O)Nc1ccc(F)cc1. The number of aliphatic imine (C=N–C) groups is 1. The summed E-state index contributed by atoms with van der Waals surface area (Å²) >= 11 is 3.24. The number of halogens is 2. The molecule has 0 aromatic heterocycles. The van der Waals surface area contributed by atoms with Gasteiger partial charge in [-0.25, -0.2) is 14.2 Å². The molecule has 0 saturated carbocycles. The average molecular weight is 690 g/mol. The molecule has 0 unspecified atom stereocenters. The quantitative estimate of drug-likeness (QED) is 0.207. The van der Waals surface area contributed by atoms with Gasteiger partial charge in [-0.3, -0.25) is 14.5 Å². The van der Waals surface area contributed by atoms with Gasteiger partial charge in [0, 0.05) is 12.7 Å². The zero-order valence-electron chi connectivity index (χ0n) is 22.2. The van der Waals surface area contributed by atoms with Gasteiger partial charge in [-0.15, -0.1) is 0 Å². The van der Waals surface area contributed by atoms with Gasteiger partial charge in [-0.2, -0.15) is 0 Å². The molecule has 1 aliphatic heterocycles. The number of carbonyl (C=O) groups is 3. The minimum absolute atomic E-state index is 0.146. The van der Waals surface area contributed by atoms with E-state index < -0.39 is 17.7 Å². The Morgan fingerprint density at radius 2 is 1.90 bits per heavy atom.